The molecule has 184 valence electrons. The molecule has 0 bridgehead atoms. The molecule has 0 amide bonds. The van der Waals surface area contributed by atoms with E-state index in [-0.39, 0.29) is 25.8 Å². The van der Waals surface area contributed by atoms with Crippen molar-refractivity contribution in [3.8, 4) is 23.0 Å². The summed E-state index contributed by atoms with van der Waals surface area (Å²) in [6.45, 7) is 3.95. The molecule has 0 fully saturated rings. The van der Waals surface area contributed by atoms with Crippen molar-refractivity contribution in [2.45, 2.75) is 19.9 Å². The van der Waals surface area contributed by atoms with Crippen LogP contribution in [0.2, 0.25) is 0 Å². The Hall–Kier alpha value is -3.57. The standard InChI is InChI=1S/C25H19BrN2O7S/c1-3-31-24(30)21-12(2)27-25-28(22(21)13-4-5-16-17(6-13)33-10-32-16)23(29)20(36-25)8-14-7-18-19(9-15(14)26)35-11-34-18/h4-9,22H,3,10-11H2,1-2H3/b20-8-/t22-/m0/s1. The molecule has 6 rings (SSSR count). The lowest BCUT2D eigenvalue weighted by molar-refractivity contribution is -0.139. The molecule has 3 aliphatic rings. The molecule has 1 aromatic heterocycles. The van der Waals surface area contributed by atoms with Gasteiger partial charge < -0.3 is 23.7 Å². The summed E-state index contributed by atoms with van der Waals surface area (Å²) in [4.78, 5) is 31.9. The Morgan fingerprint density at radius 3 is 2.58 bits per heavy atom. The van der Waals surface area contributed by atoms with E-state index in [1.54, 1.807) is 32.1 Å². The number of fused-ring (bicyclic) bond motifs is 3. The van der Waals surface area contributed by atoms with Crippen LogP contribution in [0.4, 0.5) is 0 Å². The van der Waals surface area contributed by atoms with Gasteiger partial charge in [0.15, 0.2) is 27.8 Å². The zero-order chi connectivity index (χ0) is 25.0. The largest absolute Gasteiger partial charge is 0.463 e. The number of hydrogen-bond donors (Lipinski definition) is 0. The van der Waals surface area contributed by atoms with Gasteiger partial charge in [0.05, 0.1) is 28.5 Å². The van der Waals surface area contributed by atoms with Crippen molar-refractivity contribution in [1.29, 1.82) is 0 Å². The zero-order valence-corrected chi connectivity index (χ0v) is 21.6. The van der Waals surface area contributed by atoms with Gasteiger partial charge in [-0.05, 0) is 55.3 Å². The summed E-state index contributed by atoms with van der Waals surface area (Å²) in [5.74, 6) is 1.89. The molecule has 0 unspecified atom stereocenters. The van der Waals surface area contributed by atoms with Crippen LogP contribution in [0.15, 0.2) is 55.9 Å². The number of ether oxygens (including phenoxy) is 5. The molecule has 0 radical (unpaired) electrons. The Morgan fingerprint density at radius 2 is 1.83 bits per heavy atom. The Morgan fingerprint density at radius 1 is 1.14 bits per heavy atom. The first-order valence-electron chi connectivity index (χ1n) is 11.1. The highest BCUT2D eigenvalue weighted by Gasteiger charge is 2.34. The van der Waals surface area contributed by atoms with Crippen LogP contribution in [0.25, 0.3) is 6.08 Å². The first-order valence-corrected chi connectivity index (χ1v) is 12.7. The van der Waals surface area contributed by atoms with E-state index in [0.717, 1.165) is 10.0 Å². The van der Waals surface area contributed by atoms with E-state index < -0.39 is 12.0 Å². The van der Waals surface area contributed by atoms with E-state index in [9.17, 15) is 9.59 Å². The molecule has 11 heteroatoms. The number of hydrogen-bond acceptors (Lipinski definition) is 9. The van der Waals surface area contributed by atoms with Crippen LogP contribution in [0.5, 0.6) is 23.0 Å². The second kappa shape index (κ2) is 8.82. The SMILES string of the molecule is CCOC(=O)C1=C(C)N=c2s/c(=C\c3cc4c(cc3Br)OCO4)c(=O)n2[C@H]1c1ccc2c(c1)OCO2. The molecule has 0 N–H and O–H groups in total. The quantitative estimate of drug-likeness (QED) is 0.445. The number of nitrogens with zero attached hydrogens (tertiary/aromatic N) is 2. The molecule has 1 atom stereocenters. The normalized spacial score (nSPS) is 17.8. The number of thiazole rings is 1. The second-order valence-electron chi connectivity index (χ2n) is 8.14. The minimum atomic E-state index is -0.739. The number of allylic oxidation sites excluding steroid dienone is 1. The Bertz CT molecular complexity index is 1640. The molecule has 4 heterocycles. The van der Waals surface area contributed by atoms with E-state index in [2.05, 4.69) is 20.9 Å². The Balaban J connectivity index is 1.54. The van der Waals surface area contributed by atoms with Crippen LogP contribution >= 0.6 is 27.3 Å². The molecule has 0 spiro atoms. The monoisotopic (exact) mass is 570 g/mol. The number of carbonyl (C=O) groups is 1. The highest BCUT2D eigenvalue weighted by Crippen LogP contribution is 2.39. The van der Waals surface area contributed by atoms with Crippen LogP contribution in [-0.4, -0.2) is 30.7 Å². The summed E-state index contributed by atoms with van der Waals surface area (Å²) in [7, 11) is 0. The van der Waals surface area contributed by atoms with E-state index in [1.807, 2.05) is 18.2 Å². The molecule has 9 nitrogen and oxygen atoms in total. The van der Waals surface area contributed by atoms with Gasteiger partial charge in [-0.15, -0.1) is 0 Å². The van der Waals surface area contributed by atoms with Gasteiger partial charge in [0.25, 0.3) is 5.56 Å². The number of carbonyl (C=O) groups excluding carboxylic acids is 1. The van der Waals surface area contributed by atoms with Crippen molar-refractivity contribution in [2.75, 3.05) is 20.2 Å². The molecular weight excluding hydrogens is 552 g/mol. The predicted octanol–water partition coefficient (Wildman–Crippen LogP) is 3.02. The maximum absolute atomic E-state index is 13.8. The summed E-state index contributed by atoms with van der Waals surface area (Å²) in [6, 6.07) is 8.27. The second-order valence-corrected chi connectivity index (χ2v) is 10.0. The van der Waals surface area contributed by atoms with Gasteiger partial charge in [0.1, 0.15) is 0 Å². The van der Waals surface area contributed by atoms with Crippen molar-refractivity contribution < 1.29 is 28.5 Å². The Labute approximate surface area is 217 Å². The summed E-state index contributed by atoms with van der Waals surface area (Å²) < 4.78 is 30.0. The smallest absolute Gasteiger partial charge is 0.338 e. The van der Waals surface area contributed by atoms with E-state index in [0.29, 0.717) is 49.2 Å². The van der Waals surface area contributed by atoms with Crippen molar-refractivity contribution >= 4 is 39.3 Å². The fourth-order valence-electron chi connectivity index (χ4n) is 4.37. The van der Waals surface area contributed by atoms with Crippen LogP contribution in [0, 0.1) is 0 Å². The molecular formula is C25H19BrN2O7S. The molecule has 0 saturated carbocycles. The number of esters is 1. The summed E-state index contributed by atoms with van der Waals surface area (Å²) in [6.07, 6.45) is 1.77. The number of benzene rings is 2. The van der Waals surface area contributed by atoms with Crippen molar-refractivity contribution in [3.63, 3.8) is 0 Å². The maximum atomic E-state index is 13.8. The summed E-state index contributed by atoms with van der Waals surface area (Å²) in [5, 5.41) is 0. The van der Waals surface area contributed by atoms with Crippen LogP contribution in [-0.2, 0) is 9.53 Å². The number of halogens is 1. The fraction of sp³-hybridized carbons (Fsp3) is 0.240. The van der Waals surface area contributed by atoms with Crippen molar-refractivity contribution in [3.05, 3.63) is 76.9 Å². The van der Waals surface area contributed by atoms with Gasteiger partial charge in [-0.3, -0.25) is 9.36 Å². The number of aromatic nitrogens is 1. The van der Waals surface area contributed by atoms with Gasteiger partial charge in [0.2, 0.25) is 13.6 Å². The van der Waals surface area contributed by atoms with Gasteiger partial charge in [-0.25, -0.2) is 9.79 Å². The molecule has 36 heavy (non-hydrogen) atoms. The highest BCUT2D eigenvalue weighted by molar-refractivity contribution is 9.10. The van der Waals surface area contributed by atoms with Crippen molar-refractivity contribution in [1.82, 2.24) is 4.57 Å². The highest BCUT2D eigenvalue weighted by atomic mass is 79.9. The van der Waals surface area contributed by atoms with Crippen molar-refractivity contribution in [2.24, 2.45) is 4.99 Å². The first kappa shape index (κ1) is 22.9. The fourth-order valence-corrected chi connectivity index (χ4v) is 5.85. The summed E-state index contributed by atoms with van der Waals surface area (Å²) in [5.41, 5.74) is 1.96. The maximum Gasteiger partial charge on any atom is 0.338 e. The van der Waals surface area contributed by atoms with E-state index in [1.165, 1.54) is 15.9 Å². The first-order chi connectivity index (χ1) is 17.4. The van der Waals surface area contributed by atoms with Crippen LogP contribution in [0.3, 0.4) is 0 Å². The van der Waals surface area contributed by atoms with Gasteiger partial charge in [0, 0.05) is 4.47 Å². The third-order valence-electron chi connectivity index (χ3n) is 6.01. The molecule has 3 aromatic rings. The van der Waals surface area contributed by atoms with Gasteiger partial charge >= 0.3 is 5.97 Å². The molecule has 0 aliphatic carbocycles. The lowest BCUT2D eigenvalue weighted by atomic mass is 9.95. The number of rotatable bonds is 4. The topological polar surface area (TPSA) is 97.6 Å². The predicted molar refractivity (Wildman–Crippen MR) is 133 cm³/mol. The Kier molecular flexibility index (Phi) is 5.60. The lowest BCUT2D eigenvalue weighted by Gasteiger charge is -2.24. The minimum Gasteiger partial charge on any atom is -0.463 e. The van der Waals surface area contributed by atoms with Crippen LogP contribution < -0.4 is 33.8 Å². The minimum absolute atomic E-state index is 0.117. The van der Waals surface area contributed by atoms with Gasteiger partial charge in [-0.1, -0.05) is 33.3 Å². The molecule has 3 aliphatic heterocycles. The molecule has 0 saturated heterocycles. The third-order valence-corrected chi connectivity index (χ3v) is 7.68. The summed E-state index contributed by atoms with van der Waals surface area (Å²) >= 11 is 4.79. The van der Waals surface area contributed by atoms with Crippen LogP contribution in [0.1, 0.15) is 31.0 Å². The average molecular weight is 571 g/mol. The van der Waals surface area contributed by atoms with E-state index >= 15 is 0 Å². The third kappa shape index (κ3) is 3.70. The zero-order valence-electron chi connectivity index (χ0n) is 19.2. The molecule has 2 aromatic carbocycles. The van der Waals surface area contributed by atoms with E-state index in [4.69, 9.17) is 23.7 Å². The van der Waals surface area contributed by atoms with Gasteiger partial charge in [-0.2, -0.15) is 0 Å². The lowest BCUT2D eigenvalue weighted by Crippen LogP contribution is -2.39. The average Bonchev–Trinajstić information content (AvgIpc) is 3.57.